The van der Waals surface area contributed by atoms with Crippen LogP contribution >= 0.6 is 0 Å². The van der Waals surface area contributed by atoms with Crippen LogP contribution in [0.3, 0.4) is 0 Å². The molecule has 9 nitrogen and oxygen atoms in total. The number of anilines is 1. The maximum Gasteiger partial charge on any atom is 0.341 e. The first-order valence-electron chi connectivity index (χ1n) is 6.53. The summed E-state index contributed by atoms with van der Waals surface area (Å²) in [6.07, 6.45) is 1.36. The maximum atomic E-state index is 11.6. The molecule has 0 bridgehead atoms. The molecule has 0 aromatic carbocycles. The predicted molar refractivity (Wildman–Crippen MR) is 76.6 cm³/mol. The summed E-state index contributed by atoms with van der Waals surface area (Å²) in [6, 6.07) is 0.971. The molecule has 0 aliphatic rings. The van der Waals surface area contributed by atoms with Gasteiger partial charge in [0, 0.05) is 6.20 Å². The highest BCUT2D eigenvalue weighted by Gasteiger charge is 2.12. The van der Waals surface area contributed by atoms with Crippen molar-refractivity contribution in [3.05, 3.63) is 39.7 Å². The van der Waals surface area contributed by atoms with Crippen molar-refractivity contribution in [2.24, 2.45) is 0 Å². The summed E-state index contributed by atoms with van der Waals surface area (Å²) in [5, 5.41) is 12.1. The summed E-state index contributed by atoms with van der Waals surface area (Å²) in [4.78, 5) is 37.2. The van der Waals surface area contributed by atoms with E-state index in [1.165, 1.54) is 6.20 Å². The number of hydrogen-bond acceptors (Lipinski definition) is 8. The molecule has 0 amide bonds. The Morgan fingerprint density at radius 3 is 2.86 bits per heavy atom. The van der Waals surface area contributed by atoms with Crippen LogP contribution in [-0.2, 0) is 11.3 Å². The molecule has 0 aliphatic carbocycles. The van der Waals surface area contributed by atoms with Gasteiger partial charge in [0.05, 0.1) is 30.5 Å². The number of aromatic amines is 1. The molecule has 0 aliphatic heterocycles. The number of nitrogens with zero attached hydrogens (tertiary/aromatic N) is 3. The zero-order chi connectivity index (χ0) is 16.1. The van der Waals surface area contributed by atoms with Gasteiger partial charge < -0.3 is 20.1 Å². The summed E-state index contributed by atoms with van der Waals surface area (Å²) in [7, 11) is 0. The molecule has 0 fully saturated rings. The first kappa shape index (κ1) is 15.4. The van der Waals surface area contributed by atoms with Gasteiger partial charge in [0.1, 0.15) is 5.82 Å². The van der Waals surface area contributed by atoms with Crippen LogP contribution in [0.25, 0.3) is 0 Å². The second-order valence-corrected chi connectivity index (χ2v) is 4.32. The van der Waals surface area contributed by atoms with E-state index in [-0.39, 0.29) is 36.4 Å². The van der Waals surface area contributed by atoms with Gasteiger partial charge in [-0.3, -0.25) is 4.79 Å². The van der Waals surface area contributed by atoms with Crippen molar-refractivity contribution >= 4 is 11.9 Å². The first-order chi connectivity index (χ1) is 10.5. The van der Waals surface area contributed by atoms with E-state index in [4.69, 9.17) is 4.74 Å². The van der Waals surface area contributed by atoms with Crippen LogP contribution in [0, 0.1) is 6.92 Å². The van der Waals surface area contributed by atoms with E-state index in [1.54, 1.807) is 13.8 Å². The minimum Gasteiger partial charge on any atom is -0.493 e. The summed E-state index contributed by atoms with van der Waals surface area (Å²) in [5.74, 6) is -0.349. The van der Waals surface area contributed by atoms with Crippen LogP contribution < -0.4 is 10.9 Å². The Morgan fingerprint density at radius 2 is 2.23 bits per heavy atom. The molecule has 2 rings (SSSR count). The second kappa shape index (κ2) is 6.66. The molecular formula is C13H15N5O4. The van der Waals surface area contributed by atoms with Gasteiger partial charge in [-0.1, -0.05) is 0 Å². The number of rotatable bonds is 5. The Labute approximate surface area is 125 Å². The third-order valence-electron chi connectivity index (χ3n) is 2.67. The fourth-order valence-electron chi connectivity index (χ4n) is 1.70. The lowest BCUT2D eigenvalue weighted by Crippen LogP contribution is -2.15. The van der Waals surface area contributed by atoms with Crippen LogP contribution in [0.1, 0.15) is 28.8 Å². The van der Waals surface area contributed by atoms with Crippen molar-refractivity contribution in [2.75, 3.05) is 11.9 Å². The van der Waals surface area contributed by atoms with Crippen molar-refractivity contribution < 1.29 is 14.6 Å². The molecule has 3 N–H and O–H groups in total. The highest BCUT2D eigenvalue weighted by atomic mass is 16.5. The Morgan fingerprint density at radius 1 is 1.45 bits per heavy atom. The number of aromatic hydroxyl groups is 1. The Balaban J connectivity index is 2.09. The molecule has 9 heteroatoms. The number of ether oxygens (including phenoxy) is 1. The summed E-state index contributed by atoms with van der Waals surface area (Å²) in [6.45, 7) is 3.76. The standard InChI is InChI=1S/C13H15N5O4/c1-3-22-12(21)8-5-14-13(16-7(8)2)15-6-9-17-10(19)4-11(20)18-9/h4-5H,3,6H2,1-2H3,(H,14,15,16)(H2,17,18,19,20). The van der Waals surface area contributed by atoms with Crippen molar-refractivity contribution in [2.45, 2.75) is 20.4 Å². The molecule has 0 radical (unpaired) electrons. The highest BCUT2D eigenvalue weighted by Crippen LogP contribution is 2.09. The lowest BCUT2D eigenvalue weighted by Gasteiger charge is -2.08. The topological polar surface area (TPSA) is 130 Å². The minimum atomic E-state index is -0.481. The number of esters is 1. The third-order valence-corrected chi connectivity index (χ3v) is 2.67. The molecule has 0 atom stereocenters. The maximum absolute atomic E-state index is 11.6. The number of carbonyl (C=O) groups is 1. The highest BCUT2D eigenvalue weighted by molar-refractivity contribution is 5.90. The number of carbonyl (C=O) groups excluding carboxylic acids is 1. The second-order valence-electron chi connectivity index (χ2n) is 4.32. The fourth-order valence-corrected chi connectivity index (χ4v) is 1.70. The third kappa shape index (κ3) is 3.78. The van der Waals surface area contributed by atoms with E-state index in [0.29, 0.717) is 5.69 Å². The molecule has 0 saturated carbocycles. The largest absolute Gasteiger partial charge is 0.493 e. The number of nitrogens with one attached hydrogen (secondary N) is 2. The van der Waals surface area contributed by atoms with Gasteiger partial charge in [-0.2, -0.15) is 4.98 Å². The number of H-pyrrole nitrogens is 1. The molecule has 22 heavy (non-hydrogen) atoms. The lowest BCUT2D eigenvalue weighted by molar-refractivity contribution is 0.0524. The summed E-state index contributed by atoms with van der Waals surface area (Å²) in [5.41, 5.74) is 0.295. The van der Waals surface area contributed by atoms with Crippen LogP contribution in [-0.4, -0.2) is 37.6 Å². The van der Waals surface area contributed by atoms with E-state index >= 15 is 0 Å². The van der Waals surface area contributed by atoms with Crippen LogP contribution in [0.2, 0.25) is 0 Å². The molecule has 2 aromatic rings. The van der Waals surface area contributed by atoms with Gasteiger partial charge in [-0.25, -0.2) is 14.8 Å². The SMILES string of the molecule is CCOC(=O)c1cnc(NCc2nc(O)cc(=O)[nH]2)nc1C. The fraction of sp³-hybridized carbons (Fsp3) is 0.308. The van der Waals surface area contributed by atoms with Crippen molar-refractivity contribution in [3.63, 3.8) is 0 Å². The van der Waals surface area contributed by atoms with Gasteiger partial charge in [0.2, 0.25) is 11.8 Å². The van der Waals surface area contributed by atoms with E-state index < -0.39 is 11.5 Å². The first-order valence-corrected chi connectivity index (χ1v) is 6.53. The zero-order valence-corrected chi connectivity index (χ0v) is 12.1. The molecule has 116 valence electrons. The average molecular weight is 305 g/mol. The predicted octanol–water partition coefficient (Wildman–Crippen LogP) is 0.363. The zero-order valence-electron chi connectivity index (χ0n) is 12.1. The smallest absolute Gasteiger partial charge is 0.341 e. The molecule has 2 aromatic heterocycles. The Bertz CT molecular complexity index is 743. The van der Waals surface area contributed by atoms with E-state index in [1.807, 2.05) is 0 Å². The van der Waals surface area contributed by atoms with Crippen molar-refractivity contribution in [1.29, 1.82) is 0 Å². The van der Waals surface area contributed by atoms with Gasteiger partial charge in [0.15, 0.2) is 0 Å². The van der Waals surface area contributed by atoms with Gasteiger partial charge in [-0.05, 0) is 13.8 Å². The van der Waals surface area contributed by atoms with E-state index in [0.717, 1.165) is 6.07 Å². The number of aromatic nitrogens is 4. The summed E-state index contributed by atoms with van der Waals surface area (Å²) >= 11 is 0. The number of aryl methyl sites for hydroxylation is 1. The van der Waals surface area contributed by atoms with Gasteiger partial charge in [0.25, 0.3) is 5.56 Å². The average Bonchev–Trinajstić information content (AvgIpc) is 2.44. The van der Waals surface area contributed by atoms with Crippen LogP contribution in [0.4, 0.5) is 5.95 Å². The number of hydrogen-bond donors (Lipinski definition) is 3. The molecule has 2 heterocycles. The van der Waals surface area contributed by atoms with E-state index in [2.05, 4.69) is 25.3 Å². The molecule has 0 unspecified atom stereocenters. The monoisotopic (exact) mass is 305 g/mol. The van der Waals surface area contributed by atoms with Crippen molar-refractivity contribution in [3.8, 4) is 5.88 Å². The van der Waals surface area contributed by atoms with Crippen LogP contribution in [0.15, 0.2) is 17.1 Å². The molecular weight excluding hydrogens is 290 g/mol. The van der Waals surface area contributed by atoms with Crippen LogP contribution in [0.5, 0.6) is 5.88 Å². The lowest BCUT2D eigenvalue weighted by atomic mass is 10.2. The van der Waals surface area contributed by atoms with Gasteiger partial charge in [-0.15, -0.1) is 0 Å². The van der Waals surface area contributed by atoms with Gasteiger partial charge >= 0.3 is 5.97 Å². The summed E-state index contributed by atoms with van der Waals surface area (Å²) < 4.78 is 4.89. The van der Waals surface area contributed by atoms with Crippen molar-refractivity contribution in [1.82, 2.24) is 19.9 Å². The molecule has 0 saturated heterocycles. The normalized spacial score (nSPS) is 10.3. The quantitative estimate of drug-likeness (QED) is 0.675. The Kier molecular flexibility index (Phi) is 4.66. The minimum absolute atomic E-state index is 0.113. The van der Waals surface area contributed by atoms with E-state index in [9.17, 15) is 14.7 Å². The molecule has 0 spiro atoms. The Hall–Kier alpha value is -2.97.